The number of hydrogen-bond acceptors (Lipinski definition) is 5. The van der Waals surface area contributed by atoms with Crippen LogP contribution < -0.4 is 0 Å². The fourth-order valence-corrected chi connectivity index (χ4v) is 8.16. The quantitative estimate of drug-likeness (QED) is 0.140. The lowest BCUT2D eigenvalue weighted by atomic mass is 9.47. The maximum absolute atomic E-state index is 15.3. The number of ketones is 1. The van der Waals surface area contributed by atoms with Crippen molar-refractivity contribution in [3.8, 4) is 6.07 Å². The monoisotopic (exact) mass is 683 g/mol. The van der Waals surface area contributed by atoms with Crippen LogP contribution in [0.1, 0.15) is 45.3 Å². The third-order valence-electron chi connectivity index (χ3n) is 10.2. The van der Waals surface area contributed by atoms with E-state index in [9.17, 15) is 15.2 Å². The number of ether oxygens (including phenoxy) is 1. The maximum atomic E-state index is 15.3. The van der Waals surface area contributed by atoms with Gasteiger partial charge < -0.3 is 9.84 Å². The molecule has 1 aliphatic carbocycles. The number of carbonyl (C=O) groups is 2. The number of nitriles is 1. The van der Waals surface area contributed by atoms with Crippen LogP contribution in [0.4, 0.5) is 0 Å². The molecular formula is C42H31Cl2NO4. The summed E-state index contributed by atoms with van der Waals surface area (Å²) in [5, 5.41) is 28.9. The fourth-order valence-electron chi connectivity index (χ4n) is 7.86. The number of benzene rings is 6. The van der Waals surface area contributed by atoms with Gasteiger partial charge in [0.15, 0.2) is 11.2 Å². The van der Waals surface area contributed by atoms with Crippen molar-refractivity contribution in [2.45, 2.75) is 23.9 Å². The molecule has 0 aliphatic heterocycles. The molecule has 7 rings (SSSR count). The van der Waals surface area contributed by atoms with E-state index in [-0.39, 0.29) is 11.4 Å². The van der Waals surface area contributed by atoms with Gasteiger partial charge in [0.25, 0.3) is 0 Å². The SMILES string of the molecule is COC(=O)[C@]1(C#N)[C@H](c2ccc(Cl)c(Cl)c2)C[C@](O)(c2ccc3ccccc3c2)[C@@H](C(=O)c2ccc3ccccc3c2)[C@@H]1c1ccccc1. The van der Waals surface area contributed by atoms with Crippen LogP contribution in [0.25, 0.3) is 21.5 Å². The molecule has 0 spiro atoms. The molecule has 1 aliphatic rings. The van der Waals surface area contributed by atoms with Gasteiger partial charge in [0.05, 0.1) is 29.1 Å². The summed E-state index contributed by atoms with van der Waals surface area (Å²) in [6, 6.07) is 42.8. The van der Waals surface area contributed by atoms with Crippen LogP contribution in [-0.4, -0.2) is 24.0 Å². The van der Waals surface area contributed by atoms with E-state index in [1.54, 1.807) is 54.6 Å². The van der Waals surface area contributed by atoms with Gasteiger partial charge in [-0.25, -0.2) is 0 Å². The molecule has 5 atom stereocenters. The molecule has 6 aromatic rings. The summed E-state index contributed by atoms with van der Waals surface area (Å²) >= 11 is 12.9. The van der Waals surface area contributed by atoms with Gasteiger partial charge in [-0.1, -0.05) is 132 Å². The summed E-state index contributed by atoms with van der Waals surface area (Å²) in [6.07, 6.45) is -0.167. The molecule has 6 aromatic carbocycles. The van der Waals surface area contributed by atoms with Crippen LogP contribution in [0.15, 0.2) is 133 Å². The third-order valence-corrected chi connectivity index (χ3v) is 10.9. The minimum atomic E-state index is -1.96. The van der Waals surface area contributed by atoms with Crippen LogP contribution in [0.2, 0.25) is 10.0 Å². The van der Waals surface area contributed by atoms with E-state index in [0.29, 0.717) is 27.3 Å². The zero-order valence-electron chi connectivity index (χ0n) is 26.5. The van der Waals surface area contributed by atoms with Crippen LogP contribution in [0.5, 0.6) is 0 Å². The summed E-state index contributed by atoms with van der Waals surface area (Å²) in [5.41, 5.74) is -1.94. The van der Waals surface area contributed by atoms with Crippen LogP contribution in [0, 0.1) is 22.7 Å². The predicted octanol–water partition coefficient (Wildman–Crippen LogP) is 9.64. The Morgan fingerprint density at radius 2 is 1.35 bits per heavy atom. The van der Waals surface area contributed by atoms with E-state index in [4.69, 9.17) is 27.9 Å². The molecule has 0 bridgehead atoms. The first kappa shape index (κ1) is 32.6. The Labute approximate surface area is 294 Å². The minimum Gasteiger partial charge on any atom is -0.468 e. The Hall–Kier alpha value is -4.99. The number of rotatable bonds is 6. The molecule has 49 heavy (non-hydrogen) atoms. The highest BCUT2D eigenvalue weighted by Gasteiger charge is 2.67. The number of hydrogen-bond donors (Lipinski definition) is 1. The standard InChI is InChI=1S/C42H31Cl2NO4/c1-49-40(47)41(25-45)34(31-18-20-35(43)36(44)23-31)24-42(48,33-19-17-27-10-6-8-14-30(27)22-33)38(37(41)28-11-3-2-4-12-28)39(46)32-16-15-26-9-5-7-13-29(26)21-32/h2-23,34,37-38,48H,24H2,1H3/t34-,37-,38+,41+,42-/m0/s1. The van der Waals surface area contributed by atoms with Crippen LogP contribution in [0.3, 0.4) is 0 Å². The smallest absolute Gasteiger partial charge is 0.327 e. The zero-order chi connectivity index (χ0) is 34.3. The lowest BCUT2D eigenvalue weighted by Crippen LogP contribution is -2.59. The molecule has 0 amide bonds. The summed E-state index contributed by atoms with van der Waals surface area (Å²) < 4.78 is 5.45. The number of carbonyl (C=O) groups excluding carboxylic acids is 2. The van der Waals surface area contributed by atoms with Gasteiger partial charge in [0.2, 0.25) is 0 Å². The van der Waals surface area contributed by atoms with Crippen molar-refractivity contribution in [1.29, 1.82) is 5.26 Å². The highest BCUT2D eigenvalue weighted by atomic mass is 35.5. The normalized spacial score (nSPS) is 23.5. The topological polar surface area (TPSA) is 87.4 Å². The van der Waals surface area contributed by atoms with Crippen molar-refractivity contribution < 1.29 is 19.4 Å². The molecule has 1 N–H and O–H groups in total. The molecule has 0 radical (unpaired) electrons. The Morgan fingerprint density at radius 1 is 0.735 bits per heavy atom. The fraction of sp³-hybridized carbons (Fsp3) is 0.167. The second-order valence-corrected chi connectivity index (χ2v) is 13.5. The molecule has 0 unspecified atom stereocenters. The summed E-state index contributed by atoms with van der Waals surface area (Å²) in [6.45, 7) is 0. The Morgan fingerprint density at radius 3 is 1.98 bits per heavy atom. The van der Waals surface area contributed by atoms with Crippen molar-refractivity contribution in [1.82, 2.24) is 0 Å². The van der Waals surface area contributed by atoms with E-state index in [2.05, 4.69) is 6.07 Å². The summed E-state index contributed by atoms with van der Waals surface area (Å²) in [4.78, 5) is 29.6. The molecule has 0 heterocycles. The third kappa shape index (κ3) is 5.37. The number of halogens is 2. The first-order valence-electron chi connectivity index (χ1n) is 16.0. The van der Waals surface area contributed by atoms with Gasteiger partial charge in [-0.15, -0.1) is 0 Å². The summed E-state index contributed by atoms with van der Waals surface area (Å²) in [7, 11) is 1.24. The molecule has 242 valence electrons. The number of esters is 1. The van der Waals surface area contributed by atoms with Crippen molar-refractivity contribution in [2.75, 3.05) is 7.11 Å². The second kappa shape index (κ2) is 12.8. The van der Waals surface area contributed by atoms with Crippen molar-refractivity contribution >= 4 is 56.5 Å². The maximum Gasteiger partial charge on any atom is 0.327 e. The predicted molar refractivity (Wildman–Crippen MR) is 193 cm³/mol. The van der Waals surface area contributed by atoms with E-state index in [1.807, 2.05) is 78.9 Å². The van der Waals surface area contributed by atoms with E-state index in [1.165, 1.54) is 7.11 Å². The van der Waals surface area contributed by atoms with Crippen molar-refractivity contribution in [2.24, 2.45) is 11.3 Å². The van der Waals surface area contributed by atoms with E-state index < -0.39 is 40.5 Å². The van der Waals surface area contributed by atoms with E-state index >= 15 is 4.79 Å². The molecule has 5 nitrogen and oxygen atoms in total. The average molecular weight is 685 g/mol. The highest BCUT2D eigenvalue weighted by molar-refractivity contribution is 6.42. The number of nitrogens with zero attached hydrogens (tertiary/aromatic N) is 1. The van der Waals surface area contributed by atoms with Gasteiger partial charge in [0.1, 0.15) is 5.60 Å². The van der Waals surface area contributed by atoms with E-state index in [0.717, 1.165) is 21.5 Å². The lowest BCUT2D eigenvalue weighted by molar-refractivity contribution is -0.162. The molecule has 7 heteroatoms. The van der Waals surface area contributed by atoms with Crippen LogP contribution >= 0.6 is 23.2 Å². The molecule has 1 saturated carbocycles. The van der Waals surface area contributed by atoms with Gasteiger partial charge in [-0.05, 0) is 68.9 Å². The van der Waals surface area contributed by atoms with Crippen LogP contribution in [-0.2, 0) is 15.1 Å². The van der Waals surface area contributed by atoms with Crippen molar-refractivity contribution in [3.05, 3.63) is 166 Å². The molecule has 0 saturated heterocycles. The first-order valence-corrected chi connectivity index (χ1v) is 16.7. The zero-order valence-corrected chi connectivity index (χ0v) is 28.0. The Balaban J connectivity index is 1.57. The molecule has 1 fully saturated rings. The summed E-state index contributed by atoms with van der Waals surface area (Å²) in [5.74, 6) is -4.63. The number of fused-ring (bicyclic) bond motifs is 2. The molecule has 0 aromatic heterocycles. The number of aliphatic hydroxyl groups is 1. The van der Waals surface area contributed by atoms with Gasteiger partial charge in [0, 0.05) is 17.4 Å². The Bertz CT molecular complexity index is 2280. The largest absolute Gasteiger partial charge is 0.468 e. The molecular weight excluding hydrogens is 653 g/mol. The second-order valence-electron chi connectivity index (χ2n) is 12.7. The number of Topliss-reactive ketones (excluding diaryl/α,β-unsaturated/α-hetero) is 1. The first-order chi connectivity index (χ1) is 23.7. The number of methoxy groups -OCH3 is 1. The van der Waals surface area contributed by atoms with Gasteiger partial charge in [-0.2, -0.15) is 5.26 Å². The van der Waals surface area contributed by atoms with Gasteiger partial charge >= 0.3 is 5.97 Å². The lowest BCUT2D eigenvalue weighted by Gasteiger charge is -2.54. The van der Waals surface area contributed by atoms with Crippen molar-refractivity contribution in [3.63, 3.8) is 0 Å². The highest BCUT2D eigenvalue weighted by Crippen LogP contribution is 2.64. The Kier molecular flexibility index (Phi) is 8.50. The van der Waals surface area contributed by atoms with Gasteiger partial charge in [-0.3, -0.25) is 9.59 Å². The minimum absolute atomic E-state index is 0.167. The average Bonchev–Trinajstić information content (AvgIpc) is 3.14.